The lowest BCUT2D eigenvalue weighted by molar-refractivity contribution is 0.0974. The highest BCUT2D eigenvalue weighted by Crippen LogP contribution is 2.42. The first-order valence-corrected chi connectivity index (χ1v) is 12.3. The monoisotopic (exact) mass is 456 g/mol. The summed E-state index contributed by atoms with van der Waals surface area (Å²) in [6.45, 7) is 6.70. The number of hydrogen-bond donors (Lipinski definition) is 2. The number of piperidine rings is 1. The summed E-state index contributed by atoms with van der Waals surface area (Å²) in [5, 5.41) is 10.3. The first kappa shape index (κ1) is 21.9. The Hall–Kier alpha value is -1.94. The van der Waals surface area contributed by atoms with Crippen molar-refractivity contribution in [2.75, 3.05) is 49.2 Å². The van der Waals surface area contributed by atoms with Crippen molar-refractivity contribution >= 4 is 23.4 Å². The molecule has 0 saturated carbocycles. The van der Waals surface area contributed by atoms with E-state index in [2.05, 4.69) is 32.8 Å². The molecular weight excluding hydrogens is 424 g/mol. The van der Waals surface area contributed by atoms with E-state index in [4.69, 9.17) is 15.5 Å². The lowest BCUT2D eigenvalue weighted by Gasteiger charge is -2.41. The predicted octanol–water partition coefficient (Wildman–Crippen LogP) is 2.17. The van der Waals surface area contributed by atoms with Gasteiger partial charge in [0, 0.05) is 56.4 Å². The molecule has 0 bridgehead atoms. The topological polar surface area (TPSA) is 101 Å². The van der Waals surface area contributed by atoms with Gasteiger partial charge in [-0.05, 0) is 38.3 Å². The van der Waals surface area contributed by atoms with E-state index in [9.17, 15) is 5.11 Å². The summed E-state index contributed by atoms with van der Waals surface area (Å²) in [4.78, 5) is 19.6. The maximum atomic E-state index is 9.47. The zero-order valence-corrected chi connectivity index (χ0v) is 19.4. The number of anilines is 2. The van der Waals surface area contributed by atoms with Gasteiger partial charge >= 0.3 is 0 Å². The molecule has 1 spiro atoms. The second kappa shape index (κ2) is 9.13. The lowest BCUT2D eigenvalue weighted by Crippen LogP contribution is -2.50. The van der Waals surface area contributed by atoms with E-state index >= 15 is 0 Å². The molecule has 3 aliphatic rings. The molecule has 0 aromatic carbocycles. The summed E-state index contributed by atoms with van der Waals surface area (Å²) in [6, 6.07) is 4.15. The fraction of sp³-hybridized carbons (Fsp3) is 0.609. The molecule has 9 heteroatoms. The molecule has 3 atom stereocenters. The van der Waals surface area contributed by atoms with Crippen LogP contribution in [0.25, 0.3) is 0 Å². The molecule has 2 aromatic rings. The van der Waals surface area contributed by atoms with Crippen LogP contribution in [0.3, 0.4) is 0 Å². The van der Waals surface area contributed by atoms with Gasteiger partial charge < -0.3 is 25.4 Å². The van der Waals surface area contributed by atoms with Crippen molar-refractivity contribution < 1.29 is 9.84 Å². The minimum Gasteiger partial charge on any atom is -0.396 e. The number of pyridine rings is 1. The zero-order chi connectivity index (χ0) is 22.1. The third kappa shape index (κ3) is 4.19. The van der Waals surface area contributed by atoms with Gasteiger partial charge in [-0.1, -0.05) is 11.8 Å². The molecule has 172 valence electrons. The Morgan fingerprint density at radius 2 is 2.03 bits per heavy atom. The van der Waals surface area contributed by atoms with E-state index in [-0.39, 0.29) is 24.2 Å². The van der Waals surface area contributed by atoms with E-state index in [1.807, 2.05) is 24.7 Å². The number of nitrogens with zero attached hydrogens (tertiary/aromatic N) is 5. The van der Waals surface area contributed by atoms with Crippen LogP contribution in [0.15, 0.2) is 40.6 Å². The van der Waals surface area contributed by atoms with E-state index in [0.717, 1.165) is 73.6 Å². The van der Waals surface area contributed by atoms with Crippen LogP contribution in [0.2, 0.25) is 0 Å². The summed E-state index contributed by atoms with van der Waals surface area (Å²) < 4.78 is 5.84. The molecule has 3 aliphatic heterocycles. The molecule has 3 saturated heterocycles. The number of aromatic nitrogens is 3. The average molecular weight is 457 g/mol. The van der Waals surface area contributed by atoms with Crippen molar-refractivity contribution in [3.05, 3.63) is 30.7 Å². The van der Waals surface area contributed by atoms with Gasteiger partial charge in [-0.3, -0.25) is 0 Å². The van der Waals surface area contributed by atoms with Crippen molar-refractivity contribution in [3.63, 3.8) is 0 Å². The minimum absolute atomic E-state index is 0.112. The zero-order valence-electron chi connectivity index (χ0n) is 18.6. The van der Waals surface area contributed by atoms with Crippen LogP contribution in [-0.4, -0.2) is 71.6 Å². The highest BCUT2D eigenvalue weighted by Gasteiger charge is 2.47. The number of aliphatic hydroxyl groups excluding tert-OH is 1. The van der Waals surface area contributed by atoms with Crippen LogP contribution in [0, 0.1) is 11.3 Å². The van der Waals surface area contributed by atoms with Crippen LogP contribution < -0.4 is 15.5 Å². The molecule has 32 heavy (non-hydrogen) atoms. The van der Waals surface area contributed by atoms with Crippen LogP contribution in [0.5, 0.6) is 0 Å². The Kier molecular flexibility index (Phi) is 6.24. The summed E-state index contributed by atoms with van der Waals surface area (Å²) in [6.07, 6.45) is 8.76. The van der Waals surface area contributed by atoms with Crippen LogP contribution in [0.1, 0.15) is 26.2 Å². The van der Waals surface area contributed by atoms with E-state index in [1.54, 1.807) is 11.8 Å². The molecule has 3 fully saturated rings. The van der Waals surface area contributed by atoms with Crippen LogP contribution >= 0.6 is 11.8 Å². The summed E-state index contributed by atoms with van der Waals surface area (Å²) in [5.41, 5.74) is 6.55. The van der Waals surface area contributed by atoms with Crippen LogP contribution in [0.4, 0.5) is 11.6 Å². The molecular formula is C23H32N6O2S. The number of rotatable bonds is 5. The third-order valence-corrected chi connectivity index (χ3v) is 8.31. The molecule has 2 aromatic heterocycles. The molecule has 5 heterocycles. The standard InChI is InChI=1S/C23H32N6O2S/c1-16-21(24)23(15-31-16)5-9-28(10-6-23)19-11-27-20(12-26-19)32-18-3-2-7-25-22(18)29-8-4-17(13-29)14-30/h2-3,7,11-12,16-17,21,30H,4-6,8-10,13-15,24H2,1H3/t16-,17?,21+/m0/s1. The highest BCUT2D eigenvalue weighted by molar-refractivity contribution is 7.99. The Labute approximate surface area is 193 Å². The van der Waals surface area contributed by atoms with Gasteiger partial charge in [0.1, 0.15) is 16.7 Å². The Balaban J connectivity index is 1.23. The minimum atomic E-state index is 0.112. The Morgan fingerprint density at radius 1 is 1.19 bits per heavy atom. The largest absolute Gasteiger partial charge is 0.396 e. The molecule has 0 aliphatic carbocycles. The van der Waals surface area contributed by atoms with Crippen molar-refractivity contribution in [2.45, 2.75) is 48.3 Å². The van der Waals surface area contributed by atoms with Gasteiger partial charge in [-0.15, -0.1) is 0 Å². The number of hydrogen-bond acceptors (Lipinski definition) is 9. The fourth-order valence-corrected chi connectivity index (χ4v) is 6.02. The Morgan fingerprint density at radius 3 is 2.69 bits per heavy atom. The first-order chi connectivity index (χ1) is 15.6. The average Bonchev–Trinajstić information content (AvgIpc) is 3.42. The second-order valence-corrected chi connectivity index (χ2v) is 10.4. The second-order valence-electron chi connectivity index (χ2n) is 9.31. The summed E-state index contributed by atoms with van der Waals surface area (Å²) in [7, 11) is 0. The van der Waals surface area contributed by atoms with Crippen molar-refractivity contribution in [2.24, 2.45) is 17.1 Å². The van der Waals surface area contributed by atoms with Crippen LogP contribution in [-0.2, 0) is 4.74 Å². The van der Waals surface area contributed by atoms with Gasteiger partial charge in [-0.25, -0.2) is 15.0 Å². The number of ether oxygens (including phenoxy) is 1. The van der Waals surface area contributed by atoms with Crippen molar-refractivity contribution in [3.8, 4) is 0 Å². The van der Waals surface area contributed by atoms with E-state index in [0.29, 0.717) is 5.92 Å². The maximum Gasteiger partial charge on any atom is 0.147 e. The van der Waals surface area contributed by atoms with E-state index < -0.39 is 0 Å². The maximum absolute atomic E-state index is 9.47. The smallest absolute Gasteiger partial charge is 0.147 e. The number of nitrogens with two attached hydrogens (primary N) is 1. The first-order valence-electron chi connectivity index (χ1n) is 11.5. The highest BCUT2D eigenvalue weighted by atomic mass is 32.2. The normalized spacial score (nSPS) is 27.4. The van der Waals surface area contributed by atoms with Gasteiger partial charge in [0.15, 0.2) is 0 Å². The molecule has 5 rings (SSSR count). The molecule has 0 amide bonds. The fourth-order valence-electron chi connectivity index (χ4n) is 5.17. The third-order valence-electron chi connectivity index (χ3n) is 7.35. The summed E-state index contributed by atoms with van der Waals surface area (Å²) >= 11 is 1.59. The van der Waals surface area contributed by atoms with E-state index in [1.165, 1.54) is 0 Å². The van der Waals surface area contributed by atoms with Gasteiger partial charge in [0.05, 0.1) is 30.0 Å². The van der Waals surface area contributed by atoms with Crippen molar-refractivity contribution in [1.29, 1.82) is 0 Å². The molecule has 0 radical (unpaired) electrons. The van der Waals surface area contributed by atoms with Gasteiger partial charge in [0.2, 0.25) is 0 Å². The molecule has 3 N–H and O–H groups in total. The van der Waals surface area contributed by atoms with Gasteiger partial charge in [0.25, 0.3) is 0 Å². The van der Waals surface area contributed by atoms with Crippen molar-refractivity contribution in [1.82, 2.24) is 15.0 Å². The lowest BCUT2D eigenvalue weighted by atomic mass is 9.73. The number of aliphatic hydroxyl groups is 1. The molecule has 8 nitrogen and oxygen atoms in total. The Bertz CT molecular complexity index is 921. The SMILES string of the molecule is C[C@@H]1OCC2(CCN(c3cnc(Sc4cccnc4N4CCC(CO)C4)cn3)CC2)[C@@H]1N. The summed E-state index contributed by atoms with van der Waals surface area (Å²) in [5.74, 6) is 2.21. The van der Waals surface area contributed by atoms with Gasteiger partial charge in [-0.2, -0.15) is 0 Å². The molecule has 1 unspecified atom stereocenters. The predicted molar refractivity (Wildman–Crippen MR) is 125 cm³/mol. The quantitative estimate of drug-likeness (QED) is 0.701.